The smallest absolute Gasteiger partial charge is 0.230 e. The van der Waals surface area contributed by atoms with Gasteiger partial charge in [0.2, 0.25) is 5.13 Å². The third-order valence-electron chi connectivity index (χ3n) is 5.76. The van der Waals surface area contributed by atoms with Crippen molar-refractivity contribution in [3.05, 3.63) is 76.3 Å². The predicted octanol–water partition coefficient (Wildman–Crippen LogP) is 4.61. The van der Waals surface area contributed by atoms with Gasteiger partial charge in [-0.05, 0) is 49.9 Å². The number of benzene rings is 2. The summed E-state index contributed by atoms with van der Waals surface area (Å²) in [6, 6.07) is 13.4. The zero-order valence-electron chi connectivity index (χ0n) is 19.2. The molecule has 2 aromatic carbocycles. The Morgan fingerprint density at radius 1 is 1.14 bits per heavy atom. The zero-order valence-corrected chi connectivity index (χ0v) is 20.8. The summed E-state index contributed by atoms with van der Waals surface area (Å²) in [5.74, 6) is -0.206. The molecule has 11 heteroatoms. The van der Waals surface area contributed by atoms with E-state index in [0.717, 1.165) is 54.6 Å². The summed E-state index contributed by atoms with van der Waals surface area (Å²) >= 11 is 2.84. The average Bonchev–Trinajstić information content (AvgIpc) is 3.49. The fraction of sp³-hybridized carbons (Fsp3) is 0.333. The first-order valence-electron chi connectivity index (χ1n) is 11.5. The Kier molecular flexibility index (Phi) is 6.96. The number of aromatic nitrogens is 2. The standard InChI is InChI=1S/C24H25F2N7S2/c1-16-30-31-23(34-16)33-24(17-7-3-2-4-8-17,11-5-12-27-22-28-13-6-14-29-22)35-21(32-33)19-15-18(25)9-10-20(19)26/h2-4,7-10,15H,5-6,11-14H2,1H3,(H2,27,28,29). The fourth-order valence-corrected chi connectivity index (χ4v) is 6.29. The van der Waals surface area contributed by atoms with E-state index in [2.05, 4.69) is 25.8 Å². The molecule has 182 valence electrons. The van der Waals surface area contributed by atoms with Crippen LogP contribution in [0.1, 0.15) is 35.4 Å². The van der Waals surface area contributed by atoms with Crippen LogP contribution in [0.2, 0.25) is 0 Å². The molecule has 0 bridgehead atoms. The van der Waals surface area contributed by atoms with Gasteiger partial charge in [0.25, 0.3) is 0 Å². The first-order valence-corrected chi connectivity index (χ1v) is 13.1. The van der Waals surface area contributed by atoms with E-state index in [1.54, 1.807) is 0 Å². The second-order valence-electron chi connectivity index (χ2n) is 8.24. The van der Waals surface area contributed by atoms with Crippen molar-refractivity contribution >= 4 is 39.2 Å². The lowest BCUT2D eigenvalue weighted by Crippen LogP contribution is -2.42. The van der Waals surface area contributed by atoms with Crippen molar-refractivity contribution in [1.29, 1.82) is 0 Å². The van der Waals surface area contributed by atoms with E-state index in [1.165, 1.54) is 29.2 Å². The van der Waals surface area contributed by atoms with Gasteiger partial charge < -0.3 is 10.6 Å². The molecular formula is C24H25F2N7S2. The number of aliphatic imine (C=N–C) groups is 1. The summed E-state index contributed by atoms with van der Waals surface area (Å²) in [6.07, 6.45) is 2.49. The highest BCUT2D eigenvalue weighted by Crippen LogP contribution is 2.52. The van der Waals surface area contributed by atoms with Gasteiger partial charge in [0, 0.05) is 25.2 Å². The monoisotopic (exact) mass is 513 g/mol. The summed E-state index contributed by atoms with van der Waals surface area (Å²) in [7, 11) is 0. The van der Waals surface area contributed by atoms with E-state index in [4.69, 9.17) is 5.10 Å². The van der Waals surface area contributed by atoms with E-state index >= 15 is 0 Å². The van der Waals surface area contributed by atoms with Gasteiger partial charge in [-0.3, -0.25) is 4.99 Å². The normalized spacial score (nSPS) is 19.8. The highest BCUT2D eigenvalue weighted by Gasteiger charge is 2.47. The maximum absolute atomic E-state index is 14.8. The molecule has 3 heterocycles. The van der Waals surface area contributed by atoms with E-state index in [9.17, 15) is 8.78 Å². The van der Waals surface area contributed by atoms with Crippen molar-refractivity contribution in [3.63, 3.8) is 0 Å². The topological polar surface area (TPSA) is 77.8 Å². The maximum atomic E-state index is 14.8. The van der Waals surface area contributed by atoms with Crippen LogP contribution in [0.5, 0.6) is 0 Å². The Morgan fingerprint density at radius 2 is 2.00 bits per heavy atom. The van der Waals surface area contributed by atoms with Gasteiger partial charge >= 0.3 is 0 Å². The van der Waals surface area contributed by atoms with Gasteiger partial charge in [-0.15, -0.1) is 10.2 Å². The van der Waals surface area contributed by atoms with Gasteiger partial charge in [0.05, 0.1) is 0 Å². The second kappa shape index (κ2) is 10.3. The number of rotatable bonds is 7. The second-order valence-corrected chi connectivity index (χ2v) is 10.7. The molecule has 0 amide bonds. The molecule has 0 spiro atoms. The first-order chi connectivity index (χ1) is 17.0. The van der Waals surface area contributed by atoms with Crippen molar-refractivity contribution in [3.8, 4) is 0 Å². The lowest BCUT2D eigenvalue weighted by molar-refractivity contribution is 0.516. The Morgan fingerprint density at radius 3 is 2.74 bits per heavy atom. The number of thioether (sulfide) groups is 1. The number of aryl methyl sites for hydroxylation is 1. The Bertz CT molecular complexity index is 1250. The Labute approximate surface area is 210 Å². The molecule has 2 aliphatic rings. The maximum Gasteiger partial charge on any atom is 0.230 e. The zero-order chi connectivity index (χ0) is 24.3. The lowest BCUT2D eigenvalue weighted by atomic mass is 10.0. The summed E-state index contributed by atoms with van der Waals surface area (Å²) < 4.78 is 28.9. The SMILES string of the molecule is Cc1nnc(N2N=C(c3cc(F)ccc3F)SC2(CCCNC2=NCCCN2)c2ccccc2)s1. The number of nitrogens with zero attached hydrogens (tertiary/aromatic N) is 5. The average molecular weight is 514 g/mol. The van der Waals surface area contributed by atoms with Crippen LogP contribution in [-0.2, 0) is 4.87 Å². The van der Waals surface area contributed by atoms with Crippen molar-refractivity contribution in [2.75, 3.05) is 24.6 Å². The molecule has 0 aliphatic carbocycles. The van der Waals surface area contributed by atoms with Crippen LogP contribution >= 0.6 is 23.1 Å². The Hall–Kier alpha value is -3.05. The number of nitrogens with one attached hydrogen (secondary N) is 2. The number of anilines is 1. The molecule has 3 aromatic rings. The number of halogens is 2. The van der Waals surface area contributed by atoms with Gasteiger partial charge in [0.1, 0.15) is 26.6 Å². The summed E-state index contributed by atoms with van der Waals surface area (Å²) in [4.78, 5) is 3.77. The molecular weight excluding hydrogens is 488 g/mol. The fourth-order valence-electron chi connectivity index (χ4n) is 4.10. The van der Waals surface area contributed by atoms with Crippen molar-refractivity contribution < 1.29 is 8.78 Å². The highest BCUT2D eigenvalue weighted by atomic mass is 32.2. The number of hydrogen-bond acceptors (Lipinski definition) is 9. The van der Waals surface area contributed by atoms with Gasteiger partial charge in [-0.2, -0.15) is 5.10 Å². The Balaban J connectivity index is 1.50. The number of hydrazone groups is 1. The molecule has 7 nitrogen and oxygen atoms in total. The van der Waals surface area contributed by atoms with E-state index < -0.39 is 16.5 Å². The van der Waals surface area contributed by atoms with E-state index in [0.29, 0.717) is 23.1 Å². The number of guanidine groups is 1. The van der Waals surface area contributed by atoms with Gasteiger partial charge in [0.15, 0.2) is 5.96 Å². The third-order valence-corrected chi connectivity index (χ3v) is 8.02. The number of hydrogen-bond donors (Lipinski definition) is 2. The first kappa shape index (κ1) is 23.7. The molecule has 1 unspecified atom stereocenters. The molecule has 1 aromatic heterocycles. The van der Waals surface area contributed by atoms with Crippen LogP contribution < -0.4 is 15.6 Å². The van der Waals surface area contributed by atoms with Crippen molar-refractivity contribution in [1.82, 2.24) is 20.8 Å². The molecule has 0 radical (unpaired) electrons. The molecule has 1 atom stereocenters. The van der Waals surface area contributed by atoms with Crippen LogP contribution in [0.3, 0.4) is 0 Å². The minimum Gasteiger partial charge on any atom is -0.356 e. The van der Waals surface area contributed by atoms with Crippen LogP contribution in [0.15, 0.2) is 58.6 Å². The molecule has 0 saturated heterocycles. The molecule has 2 aliphatic heterocycles. The van der Waals surface area contributed by atoms with Crippen LogP contribution in [0.4, 0.5) is 13.9 Å². The minimum absolute atomic E-state index is 0.137. The van der Waals surface area contributed by atoms with E-state index in [-0.39, 0.29) is 5.56 Å². The third kappa shape index (κ3) is 5.01. The van der Waals surface area contributed by atoms with Crippen LogP contribution in [-0.4, -0.2) is 40.8 Å². The van der Waals surface area contributed by atoms with Gasteiger partial charge in [-0.1, -0.05) is 53.4 Å². The van der Waals surface area contributed by atoms with Crippen LogP contribution in [0.25, 0.3) is 0 Å². The van der Waals surface area contributed by atoms with Crippen molar-refractivity contribution in [2.45, 2.75) is 31.1 Å². The molecule has 35 heavy (non-hydrogen) atoms. The largest absolute Gasteiger partial charge is 0.356 e. The van der Waals surface area contributed by atoms with Gasteiger partial charge in [-0.25, -0.2) is 13.8 Å². The summed E-state index contributed by atoms with van der Waals surface area (Å²) in [5.41, 5.74) is 1.14. The predicted molar refractivity (Wildman–Crippen MR) is 138 cm³/mol. The summed E-state index contributed by atoms with van der Waals surface area (Å²) in [6.45, 7) is 4.32. The quantitative estimate of drug-likeness (QED) is 0.449. The molecule has 0 fully saturated rings. The molecule has 0 saturated carbocycles. The minimum atomic E-state index is -0.704. The molecule has 2 N–H and O–H groups in total. The van der Waals surface area contributed by atoms with E-state index in [1.807, 2.05) is 42.3 Å². The summed E-state index contributed by atoms with van der Waals surface area (Å²) in [5, 5.41) is 23.6. The molecule has 5 rings (SSSR count). The van der Waals surface area contributed by atoms with Crippen molar-refractivity contribution in [2.24, 2.45) is 10.1 Å². The highest BCUT2D eigenvalue weighted by molar-refractivity contribution is 8.15. The van der Waals surface area contributed by atoms with Crippen LogP contribution in [0, 0.1) is 18.6 Å². The lowest BCUT2D eigenvalue weighted by Gasteiger charge is -2.35.